The fraction of sp³-hybridized carbons (Fsp3) is 0.490. The normalized spacial score (nSPS) is 18.3. The Balaban J connectivity index is 0.000000174. The predicted molar refractivity (Wildman–Crippen MR) is 269 cm³/mol. The first kappa shape index (κ1) is 49.3. The van der Waals surface area contributed by atoms with Crippen molar-refractivity contribution in [1.82, 2.24) is 9.80 Å². The number of likely N-dealkylation sites (tertiary alicyclic amines) is 2. The van der Waals surface area contributed by atoms with Crippen molar-refractivity contribution in [3.05, 3.63) is 130 Å². The van der Waals surface area contributed by atoms with Crippen LogP contribution in [0.2, 0.25) is 0 Å². The van der Waals surface area contributed by atoms with Gasteiger partial charge in [0.25, 0.3) is 0 Å². The molecule has 4 aromatic carbocycles. The number of nitrogens with two attached hydrogens (primary N) is 1. The van der Waals surface area contributed by atoms with E-state index in [-0.39, 0.29) is 19.0 Å². The molecule has 3 N–H and O–H groups in total. The van der Waals surface area contributed by atoms with Crippen LogP contribution in [-0.2, 0) is 22.7 Å². The Labute approximate surface area is 393 Å². The van der Waals surface area contributed by atoms with Crippen molar-refractivity contribution in [3.8, 4) is 11.5 Å². The summed E-state index contributed by atoms with van der Waals surface area (Å²) in [4.78, 5) is 27.8. The fourth-order valence-electron chi connectivity index (χ4n) is 8.09. The second-order valence-electron chi connectivity index (χ2n) is 17.0. The van der Waals surface area contributed by atoms with Gasteiger partial charge in [0.1, 0.15) is 18.1 Å². The zero-order valence-electron chi connectivity index (χ0n) is 37.2. The lowest BCUT2D eigenvalue weighted by molar-refractivity contribution is -0.139. The Hall–Kier alpha value is -3.10. The number of carbonyl (C=O) groups excluding carboxylic acids is 1. The van der Waals surface area contributed by atoms with Crippen LogP contribution in [0.3, 0.4) is 0 Å². The van der Waals surface area contributed by atoms with Crippen molar-refractivity contribution < 1.29 is 24.2 Å². The van der Waals surface area contributed by atoms with Crippen LogP contribution in [0.1, 0.15) is 87.5 Å². The molecule has 340 valence electrons. The molecule has 0 bridgehead atoms. The number of piperidine rings is 2. The number of thioether (sulfide) groups is 4. The van der Waals surface area contributed by atoms with Crippen LogP contribution >= 0.6 is 47.0 Å². The summed E-state index contributed by atoms with van der Waals surface area (Å²) in [6.07, 6.45) is 7.72. The zero-order valence-corrected chi connectivity index (χ0v) is 40.4. The second-order valence-corrected chi connectivity index (χ2v) is 22.5. The number of ketones is 1. The van der Waals surface area contributed by atoms with E-state index in [1.54, 1.807) is 0 Å². The summed E-state index contributed by atoms with van der Waals surface area (Å²) in [5, 5.41) is 8.50. The fourth-order valence-corrected chi connectivity index (χ4v) is 13.9. The van der Waals surface area contributed by atoms with Gasteiger partial charge < -0.3 is 20.3 Å². The van der Waals surface area contributed by atoms with Crippen molar-refractivity contribution in [1.29, 1.82) is 0 Å². The number of aryl methyl sites for hydroxylation is 2. The molecule has 4 aliphatic heterocycles. The van der Waals surface area contributed by atoms with Crippen LogP contribution in [0, 0.1) is 19.8 Å². The molecule has 4 saturated heterocycles. The second kappa shape index (κ2) is 26.8. The highest BCUT2D eigenvalue weighted by atomic mass is 32.2. The first-order chi connectivity index (χ1) is 30.6. The van der Waals surface area contributed by atoms with Gasteiger partial charge in [0, 0.05) is 25.6 Å². The largest absolute Gasteiger partial charge is 0.486 e. The van der Waals surface area contributed by atoms with Gasteiger partial charge in [-0.3, -0.25) is 14.6 Å². The van der Waals surface area contributed by atoms with E-state index in [4.69, 9.17) is 20.3 Å². The lowest BCUT2D eigenvalue weighted by Gasteiger charge is -2.31. The Bertz CT molecular complexity index is 1960. The molecule has 0 aliphatic carbocycles. The maximum absolute atomic E-state index is 12.5. The van der Waals surface area contributed by atoms with Crippen LogP contribution in [-0.4, -0.2) is 95.1 Å². The molecule has 8 nitrogen and oxygen atoms in total. The molecule has 4 fully saturated rings. The summed E-state index contributed by atoms with van der Waals surface area (Å²) in [6.45, 7) is 10.7. The van der Waals surface area contributed by atoms with Gasteiger partial charge >= 0.3 is 5.97 Å². The topological polar surface area (TPSA) is 105 Å². The van der Waals surface area contributed by atoms with Gasteiger partial charge in [-0.25, -0.2) is 4.79 Å². The van der Waals surface area contributed by atoms with Crippen LogP contribution in [0.25, 0.3) is 0 Å². The third kappa shape index (κ3) is 18.0. The Morgan fingerprint density at radius 1 is 0.619 bits per heavy atom. The van der Waals surface area contributed by atoms with Gasteiger partial charge in [0.05, 0.1) is 9.16 Å². The third-order valence-electron chi connectivity index (χ3n) is 11.6. The maximum Gasteiger partial charge on any atom is 0.341 e. The number of carbonyl (C=O) groups is 2. The highest BCUT2D eigenvalue weighted by Crippen LogP contribution is 2.44. The van der Waals surface area contributed by atoms with E-state index in [2.05, 4.69) is 84.3 Å². The first-order valence-electron chi connectivity index (χ1n) is 22.6. The summed E-state index contributed by atoms with van der Waals surface area (Å²) < 4.78 is 11.9. The lowest BCUT2D eigenvalue weighted by atomic mass is 9.91. The van der Waals surface area contributed by atoms with Gasteiger partial charge in [-0.2, -0.15) is 0 Å². The monoisotopic (exact) mass is 929 g/mol. The maximum atomic E-state index is 12.5. The zero-order chi connectivity index (χ0) is 44.2. The molecule has 4 aliphatic rings. The van der Waals surface area contributed by atoms with E-state index < -0.39 is 5.97 Å². The van der Waals surface area contributed by atoms with Gasteiger partial charge in [-0.1, -0.05) is 83.9 Å². The van der Waals surface area contributed by atoms with Crippen molar-refractivity contribution >= 4 is 58.8 Å². The molecule has 0 amide bonds. The third-order valence-corrected chi connectivity index (χ3v) is 17.6. The van der Waals surface area contributed by atoms with Crippen molar-refractivity contribution in [2.24, 2.45) is 11.7 Å². The molecule has 12 heteroatoms. The number of carboxylic acid groups (broad SMARTS) is 1. The van der Waals surface area contributed by atoms with Crippen molar-refractivity contribution in [3.63, 3.8) is 0 Å². The lowest BCUT2D eigenvalue weighted by Crippen LogP contribution is -2.39. The molecular weight excluding hydrogens is 863 g/mol. The number of rotatable bonds is 14. The van der Waals surface area contributed by atoms with Crippen LogP contribution in [0.15, 0.2) is 97.1 Å². The molecule has 63 heavy (non-hydrogen) atoms. The molecule has 0 saturated carbocycles. The predicted octanol–water partition coefficient (Wildman–Crippen LogP) is 11.1. The van der Waals surface area contributed by atoms with Gasteiger partial charge in [-0.05, 0) is 154 Å². The highest BCUT2D eigenvalue weighted by Gasteiger charge is 2.23. The van der Waals surface area contributed by atoms with E-state index in [1.165, 1.54) is 69.2 Å². The minimum atomic E-state index is -0.951. The molecule has 0 aromatic heterocycles. The number of hydrogen-bond acceptors (Lipinski definition) is 11. The molecule has 0 spiro atoms. The Morgan fingerprint density at radius 2 is 1.05 bits per heavy atom. The quantitative estimate of drug-likeness (QED) is 0.126. The van der Waals surface area contributed by atoms with Crippen LogP contribution in [0.4, 0.5) is 0 Å². The minimum absolute atomic E-state index is 0.190. The van der Waals surface area contributed by atoms with Crippen LogP contribution in [0.5, 0.6) is 11.5 Å². The Kier molecular flexibility index (Phi) is 21.0. The number of nitrogens with zero attached hydrogens (tertiary/aromatic N) is 2. The highest BCUT2D eigenvalue weighted by molar-refractivity contribution is 8.17. The van der Waals surface area contributed by atoms with E-state index in [1.807, 2.05) is 83.4 Å². The van der Waals surface area contributed by atoms with E-state index in [0.29, 0.717) is 33.3 Å². The van der Waals surface area contributed by atoms with E-state index in [0.717, 1.165) is 70.7 Å². The number of aliphatic carboxylic acids is 1. The SMILES string of the molecule is Cc1cccc(CN2CCC(CC(=O)COc3ccc(C4SCCCS4)cc3)CC2)c1.Cc1cccc(CN2CCC(N)CC2)c1.O=C(O)COc1ccc(C2SCCCS2)cc1. The van der Waals surface area contributed by atoms with Crippen molar-refractivity contribution in [2.45, 2.75) is 87.1 Å². The average Bonchev–Trinajstić information content (AvgIpc) is 3.30. The molecule has 0 atom stereocenters. The number of carboxylic acids is 1. The first-order valence-corrected chi connectivity index (χ1v) is 26.8. The number of Topliss-reactive ketones (excluding diaryl/α,β-unsaturated/α-hetero) is 1. The summed E-state index contributed by atoms with van der Waals surface area (Å²) >= 11 is 7.99. The summed E-state index contributed by atoms with van der Waals surface area (Å²) in [5.41, 5.74) is 14.0. The summed E-state index contributed by atoms with van der Waals surface area (Å²) in [5.74, 6) is 6.10. The number of ether oxygens (including phenoxy) is 2. The molecule has 4 heterocycles. The molecular formula is C51H67N3O5S4. The Morgan fingerprint density at radius 3 is 1.48 bits per heavy atom. The minimum Gasteiger partial charge on any atom is -0.486 e. The van der Waals surface area contributed by atoms with Crippen molar-refractivity contribution in [2.75, 3.05) is 62.4 Å². The number of hydrogen-bond donors (Lipinski definition) is 2. The van der Waals surface area contributed by atoms with E-state index >= 15 is 0 Å². The van der Waals surface area contributed by atoms with Crippen LogP contribution < -0.4 is 15.2 Å². The summed E-state index contributed by atoms with van der Waals surface area (Å²) in [6, 6.07) is 34.0. The van der Waals surface area contributed by atoms with Gasteiger partial charge in [0.2, 0.25) is 0 Å². The molecule has 4 aromatic rings. The molecule has 8 rings (SSSR count). The molecule has 0 radical (unpaired) electrons. The van der Waals surface area contributed by atoms with Gasteiger partial charge in [0.15, 0.2) is 12.4 Å². The average molecular weight is 930 g/mol. The molecule has 0 unspecified atom stereocenters. The smallest absolute Gasteiger partial charge is 0.341 e. The van der Waals surface area contributed by atoms with E-state index in [9.17, 15) is 9.59 Å². The number of benzene rings is 4. The standard InChI is InChI=1S/C26H33NO2S2.C13H20N2.C12H14O3S2/c1-20-4-2-5-22(16-20)18-27-12-10-21(11-13-27)17-24(28)19-29-25-8-6-23(7-9-25)26-30-14-3-15-31-26;1-11-3-2-4-12(9-11)10-15-7-5-13(14)6-8-15;13-11(14)8-15-10-4-2-9(3-5-10)12-16-6-1-7-17-12/h2,4-9,16,21,26H,3,10-15,17-19H2,1H3;2-4,9,13H,5-8,10,14H2,1H3;2-5,12H,1,6-8H2,(H,13,14). The summed E-state index contributed by atoms with van der Waals surface area (Å²) in [7, 11) is 0. The van der Waals surface area contributed by atoms with Gasteiger partial charge in [-0.15, -0.1) is 47.0 Å².